The van der Waals surface area contributed by atoms with E-state index in [1.54, 1.807) is 37.2 Å². The Hall–Kier alpha value is -3.41. The first kappa shape index (κ1) is 17.0. The zero-order chi connectivity index (χ0) is 19.0. The summed E-state index contributed by atoms with van der Waals surface area (Å²) in [4.78, 5) is 4.51. The maximum absolute atomic E-state index is 13.3. The molecule has 0 bridgehead atoms. The van der Waals surface area contributed by atoms with Crippen molar-refractivity contribution >= 4 is 11.0 Å². The molecule has 0 amide bonds. The Morgan fingerprint density at radius 2 is 1.67 bits per heavy atom. The number of benzene rings is 2. The first-order valence-corrected chi connectivity index (χ1v) is 8.45. The fraction of sp³-hybridized carbons (Fsp3) is 0.143. The van der Waals surface area contributed by atoms with Gasteiger partial charge >= 0.3 is 0 Å². The van der Waals surface area contributed by atoms with Gasteiger partial charge < -0.3 is 9.47 Å². The van der Waals surface area contributed by atoms with E-state index in [0.29, 0.717) is 17.1 Å². The van der Waals surface area contributed by atoms with Crippen LogP contribution in [-0.4, -0.2) is 29.0 Å². The molecule has 0 aliphatic carbocycles. The lowest BCUT2D eigenvalue weighted by atomic mass is 10.0. The Morgan fingerprint density at radius 1 is 0.926 bits per heavy atom. The van der Waals surface area contributed by atoms with E-state index in [9.17, 15) is 4.39 Å². The molecule has 0 atom stereocenters. The highest BCUT2D eigenvalue weighted by Gasteiger charge is 2.16. The van der Waals surface area contributed by atoms with Gasteiger partial charge in [-0.2, -0.15) is 5.10 Å². The predicted molar refractivity (Wildman–Crippen MR) is 102 cm³/mol. The Labute approximate surface area is 156 Å². The number of hydrogen-bond donors (Lipinski definition) is 0. The molecule has 0 spiro atoms. The van der Waals surface area contributed by atoms with Crippen LogP contribution < -0.4 is 9.47 Å². The molecule has 136 valence electrons. The Morgan fingerprint density at radius 3 is 2.37 bits per heavy atom. The van der Waals surface area contributed by atoms with E-state index in [1.807, 2.05) is 31.2 Å². The average molecular weight is 363 g/mol. The minimum Gasteiger partial charge on any atom is -0.493 e. The summed E-state index contributed by atoms with van der Waals surface area (Å²) in [6.07, 6.45) is 1.75. The minimum atomic E-state index is -0.286. The van der Waals surface area contributed by atoms with Crippen molar-refractivity contribution in [3.05, 3.63) is 66.2 Å². The van der Waals surface area contributed by atoms with E-state index in [-0.39, 0.29) is 5.82 Å². The number of nitrogens with zero attached hydrogens (tertiary/aromatic N) is 3. The second-order valence-electron chi connectivity index (χ2n) is 6.10. The summed E-state index contributed by atoms with van der Waals surface area (Å²) in [6, 6.07) is 13.9. The van der Waals surface area contributed by atoms with E-state index in [2.05, 4.69) is 10.1 Å². The van der Waals surface area contributed by atoms with Gasteiger partial charge in [-0.15, -0.1) is 0 Å². The van der Waals surface area contributed by atoms with Crippen LogP contribution >= 0.6 is 0 Å². The smallest absolute Gasteiger partial charge is 0.163 e. The molecule has 0 aliphatic heterocycles. The Kier molecular flexibility index (Phi) is 4.24. The van der Waals surface area contributed by atoms with Gasteiger partial charge in [0.25, 0.3) is 0 Å². The maximum atomic E-state index is 13.3. The van der Waals surface area contributed by atoms with E-state index < -0.39 is 0 Å². The topological polar surface area (TPSA) is 49.2 Å². The Bertz CT molecular complexity index is 1120. The van der Waals surface area contributed by atoms with Gasteiger partial charge in [0.05, 0.1) is 31.0 Å². The van der Waals surface area contributed by atoms with Gasteiger partial charge in [0.1, 0.15) is 5.82 Å². The molecule has 2 aromatic heterocycles. The highest BCUT2D eigenvalue weighted by molar-refractivity contribution is 5.95. The lowest BCUT2D eigenvalue weighted by Crippen LogP contribution is -1.98. The van der Waals surface area contributed by atoms with Crippen LogP contribution in [0.1, 0.15) is 5.69 Å². The normalized spacial score (nSPS) is 11.0. The zero-order valence-corrected chi connectivity index (χ0v) is 15.2. The number of ether oxygens (including phenoxy) is 2. The molecule has 0 radical (unpaired) electrons. The molecule has 0 N–H and O–H groups in total. The van der Waals surface area contributed by atoms with Gasteiger partial charge in [-0.1, -0.05) is 6.07 Å². The molecule has 2 heterocycles. The molecule has 4 rings (SSSR count). The van der Waals surface area contributed by atoms with Crippen molar-refractivity contribution in [3.8, 4) is 28.3 Å². The fourth-order valence-electron chi connectivity index (χ4n) is 3.22. The lowest BCUT2D eigenvalue weighted by molar-refractivity contribution is 0.355. The first-order chi connectivity index (χ1) is 13.1. The molecule has 0 fully saturated rings. The quantitative estimate of drug-likeness (QED) is 0.534. The number of hydrogen-bond acceptors (Lipinski definition) is 4. The highest BCUT2D eigenvalue weighted by Crippen LogP contribution is 2.36. The predicted octanol–water partition coefficient (Wildman–Crippen LogP) is 4.55. The van der Waals surface area contributed by atoms with Crippen LogP contribution in [0.2, 0.25) is 0 Å². The van der Waals surface area contributed by atoms with Crippen molar-refractivity contribution in [2.75, 3.05) is 14.2 Å². The summed E-state index contributed by atoms with van der Waals surface area (Å²) in [5.41, 5.74) is 4.28. The third-order valence-electron chi connectivity index (χ3n) is 4.51. The summed E-state index contributed by atoms with van der Waals surface area (Å²) >= 11 is 0. The number of methoxy groups -OCH3 is 2. The summed E-state index contributed by atoms with van der Waals surface area (Å²) < 4.78 is 25.8. The SMILES string of the molecule is COc1ccc(-c2ccnc3c2c(C)nn3-c2ccc(F)cc2)cc1OC. The molecule has 4 aromatic rings. The monoisotopic (exact) mass is 363 g/mol. The zero-order valence-electron chi connectivity index (χ0n) is 15.2. The van der Waals surface area contributed by atoms with E-state index in [0.717, 1.165) is 27.9 Å². The third-order valence-corrected chi connectivity index (χ3v) is 4.51. The first-order valence-electron chi connectivity index (χ1n) is 8.45. The van der Waals surface area contributed by atoms with Gasteiger partial charge in [-0.25, -0.2) is 14.1 Å². The number of halogens is 1. The van der Waals surface area contributed by atoms with Crippen molar-refractivity contribution in [1.82, 2.24) is 14.8 Å². The summed E-state index contributed by atoms with van der Waals surface area (Å²) in [5, 5.41) is 5.57. The minimum absolute atomic E-state index is 0.286. The second kappa shape index (κ2) is 6.72. The van der Waals surface area contributed by atoms with Crippen LogP contribution in [0.5, 0.6) is 11.5 Å². The van der Waals surface area contributed by atoms with Crippen LogP contribution in [0.4, 0.5) is 4.39 Å². The lowest BCUT2D eigenvalue weighted by Gasteiger charge is -2.10. The van der Waals surface area contributed by atoms with Crippen molar-refractivity contribution < 1.29 is 13.9 Å². The number of pyridine rings is 1. The number of aryl methyl sites for hydroxylation is 1. The van der Waals surface area contributed by atoms with Gasteiger partial charge in [0, 0.05) is 6.20 Å². The van der Waals surface area contributed by atoms with Crippen LogP contribution in [-0.2, 0) is 0 Å². The van der Waals surface area contributed by atoms with Gasteiger partial charge in [0.2, 0.25) is 0 Å². The summed E-state index contributed by atoms with van der Waals surface area (Å²) in [5.74, 6) is 1.04. The molecule has 2 aromatic carbocycles. The van der Waals surface area contributed by atoms with Crippen molar-refractivity contribution in [2.45, 2.75) is 6.92 Å². The summed E-state index contributed by atoms with van der Waals surface area (Å²) in [6.45, 7) is 1.94. The molecule has 6 heteroatoms. The van der Waals surface area contributed by atoms with E-state index in [1.165, 1.54) is 12.1 Å². The molecule has 5 nitrogen and oxygen atoms in total. The third kappa shape index (κ3) is 2.89. The fourth-order valence-corrected chi connectivity index (χ4v) is 3.22. The molecular weight excluding hydrogens is 345 g/mol. The van der Waals surface area contributed by atoms with Crippen LogP contribution in [0.25, 0.3) is 27.8 Å². The van der Waals surface area contributed by atoms with Gasteiger partial charge in [0.15, 0.2) is 17.1 Å². The van der Waals surface area contributed by atoms with Crippen molar-refractivity contribution in [2.24, 2.45) is 0 Å². The van der Waals surface area contributed by atoms with Crippen LogP contribution in [0.15, 0.2) is 54.7 Å². The molecule has 27 heavy (non-hydrogen) atoms. The van der Waals surface area contributed by atoms with Crippen LogP contribution in [0, 0.1) is 12.7 Å². The van der Waals surface area contributed by atoms with E-state index >= 15 is 0 Å². The molecular formula is C21H18FN3O2. The van der Waals surface area contributed by atoms with Crippen molar-refractivity contribution in [3.63, 3.8) is 0 Å². The second-order valence-corrected chi connectivity index (χ2v) is 6.10. The molecule has 0 saturated heterocycles. The highest BCUT2D eigenvalue weighted by atomic mass is 19.1. The van der Waals surface area contributed by atoms with Gasteiger partial charge in [-0.05, 0) is 60.5 Å². The Balaban J connectivity index is 1.92. The number of aromatic nitrogens is 3. The summed E-state index contributed by atoms with van der Waals surface area (Å²) in [7, 11) is 3.22. The van der Waals surface area contributed by atoms with E-state index in [4.69, 9.17) is 9.47 Å². The number of rotatable bonds is 4. The standard InChI is InChI=1S/C21H18FN3O2/c1-13-20-17(14-4-9-18(26-2)19(12-14)27-3)10-11-23-21(20)25(24-13)16-7-5-15(22)6-8-16/h4-12H,1-3H3. The van der Waals surface area contributed by atoms with Gasteiger partial charge in [-0.3, -0.25) is 0 Å². The van der Waals surface area contributed by atoms with Crippen LogP contribution in [0.3, 0.4) is 0 Å². The number of fused-ring (bicyclic) bond motifs is 1. The average Bonchev–Trinajstić information content (AvgIpc) is 3.05. The maximum Gasteiger partial charge on any atom is 0.163 e. The molecule has 0 saturated carbocycles. The largest absolute Gasteiger partial charge is 0.493 e. The molecule has 0 aliphatic rings. The molecule has 0 unspecified atom stereocenters. The van der Waals surface area contributed by atoms with Crippen molar-refractivity contribution in [1.29, 1.82) is 0 Å².